The number of thioether (sulfide) groups is 1. The van der Waals surface area contributed by atoms with E-state index in [1.54, 1.807) is 11.8 Å². The first-order chi connectivity index (χ1) is 13.9. The number of aromatic nitrogens is 1. The fraction of sp³-hybridized carbons (Fsp3) is 0.700. The molecule has 154 valence electrons. The van der Waals surface area contributed by atoms with Gasteiger partial charge >= 0.3 is 10.8 Å². The number of carbonyl (C=O) groups is 3. The van der Waals surface area contributed by atoms with Crippen LogP contribution in [-0.2, 0) is 19.8 Å². The minimum absolute atomic E-state index is 0.0141. The van der Waals surface area contributed by atoms with Gasteiger partial charge in [-0.3, -0.25) is 24.1 Å². The van der Waals surface area contributed by atoms with E-state index >= 15 is 0 Å². The van der Waals surface area contributed by atoms with E-state index < -0.39 is 12.5 Å². The summed E-state index contributed by atoms with van der Waals surface area (Å²) in [6, 6.07) is 0. The Bertz CT molecular complexity index is 993. The topological polar surface area (TPSA) is 108 Å². The number of aromatic amines is 1. The quantitative estimate of drug-likeness (QED) is 0.690. The van der Waals surface area contributed by atoms with Crippen LogP contribution in [0.4, 0.5) is 0 Å². The number of hydrogen-bond acceptors (Lipinski definition) is 6. The molecule has 6 rings (SSSR count). The third kappa shape index (κ3) is 2.20. The van der Waals surface area contributed by atoms with Crippen LogP contribution in [0.1, 0.15) is 43.4 Å². The van der Waals surface area contributed by atoms with Crippen LogP contribution in [0.25, 0.3) is 0 Å². The van der Waals surface area contributed by atoms with Crippen LogP contribution in [0, 0.1) is 29.6 Å². The van der Waals surface area contributed by atoms with Crippen molar-refractivity contribution in [3.63, 3.8) is 0 Å². The highest BCUT2D eigenvalue weighted by atomic mass is 32.2. The zero-order valence-corrected chi connectivity index (χ0v) is 17.4. The van der Waals surface area contributed by atoms with Crippen LogP contribution in [0.3, 0.4) is 0 Å². The number of rotatable bonds is 2. The number of aliphatic carboxylic acids is 1. The Hall–Kier alpha value is -1.61. The highest BCUT2D eigenvalue weighted by Crippen LogP contribution is 2.71. The summed E-state index contributed by atoms with van der Waals surface area (Å²) in [4.78, 5) is 54.7. The second-order valence-electron chi connectivity index (χ2n) is 9.27. The van der Waals surface area contributed by atoms with Gasteiger partial charge in [0.15, 0.2) is 0 Å². The molecule has 2 bridgehead atoms. The molecule has 1 aromatic rings. The first-order valence-electron chi connectivity index (χ1n) is 10.4. The van der Waals surface area contributed by atoms with Gasteiger partial charge in [-0.25, -0.2) is 0 Å². The minimum Gasteiger partial charge on any atom is -0.480 e. The van der Waals surface area contributed by atoms with Crippen molar-refractivity contribution in [3.05, 3.63) is 14.5 Å². The van der Waals surface area contributed by atoms with Crippen LogP contribution >= 0.6 is 23.1 Å². The standard InChI is InChI=1S/C20H22N2O5S2/c23-10(24)7-22-17(25)11-8-6-9(12(11)18(22)26)14-13(8)20(4-2-1-3-5-20)15-16(28-14)21-19(27)29-15/h8-9,11-14H,1-7H2,(H,21,27)(H,23,24)/t8?,9?,11?,12?,13?,14-/m1/s1. The van der Waals surface area contributed by atoms with Gasteiger partial charge in [-0.05, 0) is 37.0 Å². The molecule has 4 fully saturated rings. The van der Waals surface area contributed by atoms with Crippen LogP contribution in [-0.4, -0.2) is 44.6 Å². The van der Waals surface area contributed by atoms with Crippen molar-refractivity contribution in [1.82, 2.24) is 9.88 Å². The molecule has 0 radical (unpaired) electrons. The Morgan fingerprint density at radius 2 is 1.79 bits per heavy atom. The average molecular weight is 435 g/mol. The Labute approximate surface area is 175 Å². The summed E-state index contributed by atoms with van der Waals surface area (Å²) in [5.41, 5.74) is -0.0682. The molecular formula is C20H22N2O5S2. The van der Waals surface area contributed by atoms with Gasteiger partial charge in [0.25, 0.3) is 0 Å². The zero-order valence-electron chi connectivity index (χ0n) is 15.8. The fourth-order valence-corrected chi connectivity index (χ4v) is 10.6. The molecular weight excluding hydrogens is 412 g/mol. The number of nitrogens with zero attached hydrogens (tertiary/aromatic N) is 1. The zero-order chi connectivity index (χ0) is 20.1. The Morgan fingerprint density at radius 1 is 1.10 bits per heavy atom. The van der Waals surface area contributed by atoms with Crippen molar-refractivity contribution in [1.29, 1.82) is 0 Å². The minimum atomic E-state index is -1.14. The summed E-state index contributed by atoms with van der Waals surface area (Å²) in [5.74, 6) is -1.98. The van der Waals surface area contributed by atoms with E-state index in [9.17, 15) is 19.2 Å². The lowest BCUT2D eigenvalue weighted by molar-refractivity contribution is -0.150. The molecule has 5 unspecified atom stereocenters. The number of amides is 2. The number of likely N-dealkylation sites (tertiary alicyclic amines) is 1. The fourth-order valence-electron chi connectivity index (χ4n) is 7.43. The van der Waals surface area contributed by atoms with E-state index in [1.165, 1.54) is 22.6 Å². The first-order valence-corrected chi connectivity index (χ1v) is 12.1. The van der Waals surface area contributed by atoms with Crippen molar-refractivity contribution < 1.29 is 19.5 Å². The molecule has 1 spiro atoms. The molecule has 3 saturated carbocycles. The van der Waals surface area contributed by atoms with Crippen molar-refractivity contribution >= 4 is 40.9 Å². The number of hydrogen-bond donors (Lipinski definition) is 2. The van der Waals surface area contributed by atoms with Gasteiger partial charge in [-0.2, -0.15) is 0 Å². The van der Waals surface area contributed by atoms with E-state index in [4.69, 9.17) is 5.11 Å². The second kappa shape index (κ2) is 5.97. The molecule has 2 aliphatic heterocycles. The third-order valence-corrected chi connectivity index (χ3v) is 10.9. The number of carboxylic acid groups (broad SMARTS) is 1. The predicted octanol–water partition coefficient (Wildman–Crippen LogP) is 2.06. The Kier molecular flexibility index (Phi) is 3.74. The number of carboxylic acids is 1. The lowest BCUT2D eigenvalue weighted by Crippen LogP contribution is -2.51. The number of thiazole rings is 1. The normalized spacial score (nSPS) is 39.0. The molecule has 1 saturated heterocycles. The first kappa shape index (κ1) is 18.2. The van der Waals surface area contributed by atoms with E-state index in [1.807, 2.05) is 0 Å². The van der Waals surface area contributed by atoms with Crippen LogP contribution in [0.15, 0.2) is 9.82 Å². The molecule has 3 heterocycles. The predicted molar refractivity (Wildman–Crippen MR) is 106 cm³/mol. The second-order valence-corrected chi connectivity index (χ2v) is 11.4. The molecule has 5 aliphatic rings. The maximum atomic E-state index is 13.1. The van der Waals surface area contributed by atoms with Crippen molar-refractivity contribution in [2.45, 2.75) is 54.2 Å². The number of fused-ring (bicyclic) bond motifs is 11. The van der Waals surface area contributed by atoms with E-state index in [2.05, 4.69) is 4.98 Å². The van der Waals surface area contributed by atoms with Gasteiger partial charge in [0.05, 0.1) is 16.9 Å². The maximum absolute atomic E-state index is 13.1. The highest BCUT2D eigenvalue weighted by Gasteiger charge is 2.72. The van der Waals surface area contributed by atoms with Crippen LogP contribution < -0.4 is 4.87 Å². The summed E-state index contributed by atoms with van der Waals surface area (Å²) in [6.07, 6.45) is 6.40. The average Bonchev–Trinajstić information content (AvgIpc) is 3.41. The lowest BCUT2D eigenvalue weighted by atomic mass is 9.57. The van der Waals surface area contributed by atoms with Gasteiger partial charge in [0, 0.05) is 15.5 Å². The van der Waals surface area contributed by atoms with Gasteiger partial charge < -0.3 is 10.1 Å². The number of carbonyl (C=O) groups excluding carboxylic acids is 2. The van der Waals surface area contributed by atoms with E-state index in [-0.39, 0.29) is 51.0 Å². The number of imide groups is 1. The smallest absolute Gasteiger partial charge is 0.323 e. The van der Waals surface area contributed by atoms with Gasteiger partial charge in [-0.15, -0.1) is 11.8 Å². The summed E-state index contributed by atoms with van der Waals surface area (Å²) >= 11 is 3.04. The maximum Gasteiger partial charge on any atom is 0.323 e. The summed E-state index contributed by atoms with van der Waals surface area (Å²) in [6.45, 7) is -0.529. The summed E-state index contributed by atoms with van der Waals surface area (Å²) in [7, 11) is 0. The Morgan fingerprint density at radius 3 is 2.48 bits per heavy atom. The highest BCUT2D eigenvalue weighted by molar-refractivity contribution is 8.00. The van der Waals surface area contributed by atoms with Crippen LogP contribution in [0.5, 0.6) is 0 Å². The van der Waals surface area contributed by atoms with Crippen LogP contribution in [0.2, 0.25) is 0 Å². The summed E-state index contributed by atoms with van der Waals surface area (Å²) < 4.78 is 0. The monoisotopic (exact) mass is 434 g/mol. The molecule has 2 amide bonds. The van der Waals surface area contributed by atoms with Gasteiger partial charge in [0.2, 0.25) is 11.8 Å². The van der Waals surface area contributed by atoms with E-state index in [0.717, 1.165) is 42.0 Å². The molecule has 7 nitrogen and oxygen atoms in total. The van der Waals surface area contributed by atoms with Gasteiger partial charge in [-0.1, -0.05) is 30.6 Å². The molecule has 1 aromatic heterocycles. The molecule has 29 heavy (non-hydrogen) atoms. The number of nitrogens with one attached hydrogen (secondary N) is 1. The lowest BCUT2D eigenvalue weighted by Gasteiger charge is -2.52. The largest absolute Gasteiger partial charge is 0.480 e. The molecule has 2 N–H and O–H groups in total. The molecule has 0 aromatic carbocycles. The number of H-pyrrole nitrogens is 1. The Balaban J connectivity index is 1.45. The van der Waals surface area contributed by atoms with Crippen molar-refractivity contribution in [2.75, 3.05) is 6.54 Å². The SMILES string of the molecule is O=C(O)CN1C(=O)C2C3CC(C2C1=O)[C@H]1Sc2[nH]c(=O)sc2C2(CCCCC2)C31. The van der Waals surface area contributed by atoms with E-state index in [0.29, 0.717) is 5.92 Å². The van der Waals surface area contributed by atoms with Gasteiger partial charge in [0.1, 0.15) is 6.54 Å². The van der Waals surface area contributed by atoms with Crippen molar-refractivity contribution in [3.8, 4) is 0 Å². The molecule has 9 heteroatoms. The molecule has 3 aliphatic carbocycles. The van der Waals surface area contributed by atoms with Crippen molar-refractivity contribution in [2.24, 2.45) is 29.6 Å². The summed E-state index contributed by atoms with van der Waals surface area (Å²) in [5, 5.41) is 10.4. The molecule has 6 atom stereocenters. The third-order valence-electron chi connectivity index (χ3n) is 8.19.